The molecule has 3 heteroatoms. The van der Waals surface area contributed by atoms with E-state index in [1.807, 2.05) is 0 Å². The molecule has 2 fully saturated rings. The Labute approximate surface area is 72.0 Å². The van der Waals surface area contributed by atoms with Crippen LogP contribution in [-0.2, 0) is 14.3 Å². The standard InChI is InChI=1S/C9H14O3/c10-6-8-1-3-12-9(5-8)2-4-11-7-9/h6,8H,1-5,7H2. The number of carbonyl (C=O) groups excluding carboxylic acids is 1. The summed E-state index contributed by atoms with van der Waals surface area (Å²) in [6.45, 7) is 2.18. The van der Waals surface area contributed by atoms with Crippen LogP contribution in [0, 0.1) is 5.92 Å². The van der Waals surface area contributed by atoms with Crippen molar-refractivity contribution in [2.24, 2.45) is 5.92 Å². The zero-order valence-corrected chi connectivity index (χ0v) is 7.12. The second-order valence-electron chi connectivity index (χ2n) is 3.72. The molecule has 0 aromatic carbocycles. The molecule has 3 nitrogen and oxygen atoms in total. The number of rotatable bonds is 1. The monoisotopic (exact) mass is 170 g/mol. The molecule has 0 amide bonds. The van der Waals surface area contributed by atoms with E-state index in [2.05, 4.69) is 0 Å². The summed E-state index contributed by atoms with van der Waals surface area (Å²) in [4.78, 5) is 10.6. The lowest BCUT2D eigenvalue weighted by Gasteiger charge is -2.34. The Balaban J connectivity index is 2.01. The van der Waals surface area contributed by atoms with Gasteiger partial charge in [0.2, 0.25) is 0 Å². The van der Waals surface area contributed by atoms with Crippen molar-refractivity contribution in [2.45, 2.75) is 24.9 Å². The highest BCUT2D eigenvalue weighted by Gasteiger charge is 2.40. The molecule has 0 radical (unpaired) electrons. The summed E-state index contributed by atoms with van der Waals surface area (Å²) < 4.78 is 11.0. The summed E-state index contributed by atoms with van der Waals surface area (Å²) in [5, 5.41) is 0. The Morgan fingerprint density at radius 2 is 2.33 bits per heavy atom. The molecule has 0 N–H and O–H groups in total. The quantitative estimate of drug-likeness (QED) is 0.545. The molecular weight excluding hydrogens is 156 g/mol. The maximum atomic E-state index is 10.6. The summed E-state index contributed by atoms with van der Waals surface area (Å²) in [6.07, 6.45) is 3.75. The molecule has 0 aromatic heterocycles. The minimum Gasteiger partial charge on any atom is -0.378 e. The Hall–Kier alpha value is -0.410. The number of carbonyl (C=O) groups is 1. The fourth-order valence-electron chi connectivity index (χ4n) is 2.05. The van der Waals surface area contributed by atoms with Gasteiger partial charge in [-0.25, -0.2) is 0 Å². The van der Waals surface area contributed by atoms with Gasteiger partial charge in [0.15, 0.2) is 0 Å². The van der Waals surface area contributed by atoms with Gasteiger partial charge in [0.1, 0.15) is 6.29 Å². The SMILES string of the molecule is O=CC1CCOC2(CCOC2)C1. The van der Waals surface area contributed by atoms with Crippen molar-refractivity contribution < 1.29 is 14.3 Å². The van der Waals surface area contributed by atoms with E-state index in [9.17, 15) is 4.79 Å². The number of hydrogen-bond acceptors (Lipinski definition) is 3. The van der Waals surface area contributed by atoms with Crippen LogP contribution in [0.3, 0.4) is 0 Å². The van der Waals surface area contributed by atoms with Crippen LogP contribution in [0.25, 0.3) is 0 Å². The van der Waals surface area contributed by atoms with E-state index in [0.29, 0.717) is 13.2 Å². The van der Waals surface area contributed by atoms with Gasteiger partial charge in [-0.3, -0.25) is 0 Å². The molecule has 2 unspecified atom stereocenters. The fraction of sp³-hybridized carbons (Fsp3) is 0.889. The highest BCUT2D eigenvalue weighted by atomic mass is 16.6. The van der Waals surface area contributed by atoms with Gasteiger partial charge in [0, 0.05) is 25.6 Å². The second kappa shape index (κ2) is 3.15. The van der Waals surface area contributed by atoms with Gasteiger partial charge in [0.25, 0.3) is 0 Å². The average Bonchev–Trinajstić information content (AvgIpc) is 2.53. The molecule has 2 rings (SSSR count). The first kappa shape index (κ1) is 8.20. The van der Waals surface area contributed by atoms with Crippen LogP contribution in [0.15, 0.2) is 0 Å². The minimum atomic E-state index is -0.107. The third-order valence-corrected chi connectivity index (χ3v) is 2.79. The Kier molecular flexibility index (Phi) is 2.15. The zero-order chi connectivity index (χ0) is 8.44. The summed E-state index contributed by atoms with van der Waals surface area (Å²) in [6, 6.07) is 0. The van der Waals surface area contributed by atoms with Gasteiger partial charge in [0.05, 0.1) is 12.2 Å². The molecule has 68 valence electrons. The smallest absolute Gasteiger partial charge is 0.123 e. The second-order valence-corrected chi connectivity index (χ2v) is 3.72. The van der Waals surface area contributed by atoms with Crippen LogP contribution < -0.4 is 0 Å². The topological polar surface area (TPSA) is 35.5 Å². The van der Waals surface area contributed by atoms with Gasteiger partial charge in [-0.1, -0.05) is 0 Å². The molecule has 2 atom stereocenters. The zero-order valence-electron chi connectivity index (χ0n) is 7.12. The van der Waals surface area contributed by atoms with Crippen LogP contribution in [-0.4, -0.2) is 31.7 Å². The predicted octanol–water partition coefficient (Wildman–Crippen LogP) is 0.771. The highest BCUT2D eigenvalue weighted by Crippen LogP contribution is 2.34. The third kappa shape index (κ3) is 1.39. The predicted molar refractivity (Wildman–Crippen MR) is 42.9 cm³/mol. The van der Waals surface area contributed by atoms with E-state index in [4.69, 9.17) is 9.47 Å². The van der Waals surface area contributed by atoms with E-state index >= 15 is 0 Å². The highest BCUT2D eigenvalue weighted by molar-refractivity contribution is 5.53. The fourth-order valence-corrected chi connectivity index (χ4v) is 2.05. The molecule has 0 aliphatic carbocycles. The van der Waals surface area contributed by atoms with Crippen LogP contribution in [0.5, 0.6) is 0 Å². The largest absolute Gasteiger partial charge is 0.378 e. The van der Waals surface area contributed by atoms with Crippen molar-refractivity contribution in [1.82, 2.24) is 0 Å². The summed E-state index contributed by atoms with van der Waals surface area (Å²) in [7, 11) is 0. The van der Waals surface area contributed by atoms with Crippen molar-refractivity contribution in [2.75, 3.05) is 19.8 Å². The maximum absolute atomic E-state index is 10.6. The summed E-state index contributed by atoms with van der Waals surface area (Å²) >= 11 is 0. The van der Waals surface area contributed by atoms with Crippen LogP contribution >= 0.6 is 0 Å². The van der Waals surface area contributed by atoms with E-state index in [0.717, 1.165) is 32.2 Å². The third-order valence-electron chi connectivity index (χ3n) is 2.79. The minimum absolute atomic E-state index is 0.107. The molecule has 0 aromatic rings. The van der Waals surface area contributed by atoms with Crippen LogP contribution in [0.1, 0.15) is 19.3 Å². The normalized spacial score (nSPS) is 41.8. The molecule has 2 aliphatic heterocycles. The Bertz CT molecular complexity index is 173. The summed E-state index contributed by atoms with van der Waals surface area (Å²) in [5.41, 5.74) is -0.107. The van der Waals surface area contributed by atoms with Gasteiger partial charge in [-0.05, 0) is 12.8 Å². The van der Waals surface area contributed by atoms with Gasteiger partial charge in [-0.2, -0.15) is 0 Å². The molecule has 2 heterocycles. The van der Waals surface area contributed by atoms with Crippen LogP contribution in [0.4, 0.5) is 0 Å². The Morgan fingerprint density at radius 1 is 1.42 bits per heavy atom. The summed E-state index contributed by atoms with van der Waals surface area (Å²) in [5.74, 6) is 0.195. The van der Waals surface area contributed by atoms with Crippen molar-refractivity contribution in [1.29, 1.82) is 0 Å². The lowest BCUT2D eigenvalue weighted by Crippen LogP contribution is -2.40. The van der Waals surface area contributed by atoms with Crippen molar-refractivity contribution in [3.63, 3.8) is 0 Å². The van der Waals surface area contributed by atoms with Crippen molar-refractivity contribution in [3.05, 3.63) is 0 Å². The average molecular weight is 170 g/mol. The van der Waals surface area contributed by atoms with Gasteiger partial charge >= 0.3 is 0 Å². The first-order chi connectivity index (χ1) is 5.85. The molecule has 0 bridgehead atoms. The number of hydrogen-bond donors (Lipinski definition) is 0. The molecule has 0 saturated carbocycles. The molecule has 1 spiro atoms. The Morgan fingerprint density at radius 3 is 3.00 bits per heavy atom. The van der Waals surface area contributed by atoms with E-state index in [1.165, 1.54) is 0 Å². The molecular formula is C9H14O3. The number of aldehydes is 1. The van der Waals surface area contributed by atoms with Crippen molar-refractivity contribution >= 4 is 6.29 Å². The van der Waals surface area contributed by atoms with Crippen LogP contribution in [0.2, 0.25) is 0 Å². The van der Waals surface area contributed by atoms with E-state index in [1.54, 1.807) is 0 Å². The number of ether oxygens (including phenoxy) is 2. The lowest BCUT2D eigenvalue weighted by atomic mass is 9.86. The molecule has 2 aliphatic rings. The van der Waals surface area contributed by atoms with Gasteiger partial charge < -0.3 is 14.3 Å². The molecule has 2 saturated heterocycles. The van der Waals surface area contributed by atoms with Crippen molar-refractivity contribution in [3.8, 4) is 0 Å². The van der Waals surface area contributed by atoms with E-state index < -0.39 is 0 Å². The first-order valence-electron chi connectivity index (χ1n) is 4.52. The first-order valence-corrected chi connectivity index (χ1v) is 4.52. The maximum Gasteiger partial charge on any atom is 0.123 e. The lowest BCUT2D eigenvalue weighted by molar-refractivity contribution is -0.126. The molecule has 12 heavy (non-hydrogen) atoms. The van der Waals surface area contributed by atoms with Gasteiger partial charge in [-0.15, -0.1) is 0 Å². The van der Waals surface area contributed by atoms with E-state index in [-0.39, 0.29) is 11.5 Å².